The maximum absolute atomic E-state index is 4.83. The molecule has 4 nitrogen and oxygen atoms in total. The standard InChI is InChI=1S/C24H24N4/c1-15-9-16(2)12-19(11-15)25-23-24(26-20-13-17(3)10-18(4)14-20)28-22-8-6-5-7-21(22)27-23/h5-14H,1-4H3,(H,25,27)(H,26,28). The van der Waals surface area contributed by atoms with E-state index in [1.165, 1.54) is 22.3 Å². The highest BCUT2D eigenvalue weighted by Crippen LogP contribution is 2.29. The molecule has 0 amide bonds. The van der Waals surface area contributed by atoms with Gasteiger partial charge in [-0.15, -0.1) is 0 Å². The molecule has 140 valence electrons. The number of anilines is 4. The van der Waals surface area contributed by atoms with Crippen molar-refractivity contribution in [3.05, 3.63) is 82.9 Å². The molecule has 0 aliphatic carbocycles. The van der Waals surface area contributed by atoms with E-state index in [-0.39, 0.29) is 0 Å². The van der Waals surface area contributed by atoms with Crippen LogP contribution in [0.4, 0.5) is 23.0 Å². The van der Waals surface area contributed by atoms with Crippen LogP contribution >= 0.6 is 0 Å². The van der Waals surface area contributed by atoms with Crippen LogP contribution in [-0.4, -0.2) is 9.97 Å². The molecule has 4 aromatic rings. The normalized spacial score (nSPS) is 10.9. The van der Waals surface area contributed by atoms with Gasteiger partial charge < -0.3 is 10.6 Å². The predicted octanol–water partition coefficient (Wildman–Crippen LogP) is 6.35. The van der Waals surface area contributed by atoms with E-state index in [1.54, 1.807) is 0 Å². The Bertz CT molecular complexity index is 1030. The van der Waals surface area contributed by atoms with Crippen LogP contribution in [0.25, 0.3) is 11.0 Å². The molecule has 0 bridgehead atoms. The summed E-state index contributed by atoms with van der Waals surface area (Å²) in [6.45, 7) is 8.38. The molecule has 28 heavy (non-hydrogen) atoms. The number of para-hydroxylation sites is 2. The maximum Gasteiger partial charge on any atom is 0.174 e. The first kappa shape index (κ1) is 18.0. The van der Waals surface area contributed by atoms with E-state index >= 15 is 0 Å². The molecule has 1 heterocycles. The number of nitrogens with one attached hydrogen (secondary N) is 2. The van der Waals surface area contributed by atoms with Gasteiger partial charge in [-0.25, -0.2) is 9.97 Å². The molecule has 0 spiro atoms. The highest BCUT2D eigenvalue weighted by Gasteiger charge is 2.11. The number of aromatic nitrogens is 2. The lowest BCUT2D eigenvalue weighted by molar-refractivity contribution is 1.26. The molecular weight excluding hydrogens is 344 g/mol. The molecule has 1 aromatic heterocycles. The zero-order chi connectivity index (χ0) is 19.7. The van der Waals surface area contributed by atoms with Crippen molar-refractivity contribution in [3.8, 4) is 0 Å². The van der Waals surface area contributed by atoms with Crippen molar-refractivity contribution in [1.29, 1.82) is 0 Å². The molecule has 0 saturated heterocycles. The largest absolute Gasteiger partial charge is 0.337 e. The smallest absolute Gasteiger partial charge is 0.174 e. The summed E-state index contributed by atoms with van der Waals surface area (Å²) in [5, 5.41) is 6.92. The van der Waals surface area contributed by atoms with Gasteiger partial charge in [0, 0.05) is 11.4 Å². The Balaban J connectivity index is 1.79. The van der Waals surface area contributed by atoms with Gasteiger partial charge in [0.2, 0.25) is 0 Å². The quantitative estimate of drug-likeness (QED) is 0.440. The maximum atomic E-state index is 4.83. The molecule has 0 atom stereocenters. The molecule has 2 N–H and O–H groups in total. The van der Waals surface area contributed by atoms with Gasteiger partial charge in [0.25, 0.3) is 0 Å². The molecule has 0 aliphatic rings. The first-order valence-corrected chi connectivity index (χ1v) is 9.44. The Morgan fingerprint density at radius 3 is 1.25 bits per heavy atom. The lowest BCUT2D eigenvalue weighted by Gasteiger charge is -2.15. The molecule has 0 unspecified atom stereocenters. The number of fused-ring (bicyclic) bond motifs is 1. The number of benzene rings is 3. The third-order valence-corrected chi connectivity index (χ3v) is 4.54. The Hall–Kier alpha value is -3.40. The molecule has 0 aliphatic heterocycles. The number of aryl methyl sites for hydroxylation is 4. The van der Waals surface area contributed by atoms with Crippen molar-refractivity contribution in [2.24, 2.45) is 0 Å². The van der Waals surface area contributed by atoms with Crippen molar-refractivity contribution in [2.45, 2.75) is 27.7 Å². The van der Waals surface area contributed by atoms with E-state index < -0.39 is 0 Å². The van der Waals surface area contributed by atoms with E-state index in [4.69, 9.17) is 9.97 Å². The van der Waals surface area contributed by atoms with Crippen LogP contribution in [0.15, 0.2) is 60.7 Å². The zero-order valence-corrected chi connectivity index (χ0v) is 16.7. The molecule has 4 heteroatoms. The SMILES string of the molecule is Cc1cc(C)cc(Nc2nc3ccccc3nc2Nc2cc(C)cc(C)c2)c1. The van der Waals surface area contributed by atoms with Gasteiger partial charge in [0.1, 0.15) is 0 Å². The number of hydrogen-bond donors (Lipinski definition) is 2. The second-order valence-corrected chi connectivity index (χ2v) is 7.41. The molecule has 0 radical (unpaired) electrons. The summed E-state index contributed by atoms with van der Waals surface area (Å²) in [5.74, 6) is 1.42. The summed E-state index contributed by atoms with van der Waals surface area (Å²) in [5.41, 5.74) is 8.57. The first-order valence-electron chi connectivity index (χ1n) is 9.44. The average molecular weight is 368 g/mol. The molecular formula is C24H24N4. The fourth-order valence-electron chi connectivity index (χ4n) is 3.54. The van der Waals surface area contributed by atoms with Crippen molar-refractivity contribution < 1.29 is 0 Å². The second-order valence-electron chi connectivity index (χ2n) is 7.41. The van der Waals surface area contributed by atoms with E-state index in [2.05, 4.69) is 74.7 Å². The minimum Gasteiger partial charge on any atom is -0.337 e. The number of hydrogen-bond acceptors (Lipinski definition) is 4. The van der Waals surface area contributed by atoms with Gasteiger partial charge in [-0.2, -0.15) is 0 Å². The van der Waals surface area contributed by atoms with Crippen molar-refractivity contribution in [3.63, 3.8) is 0 Å². The summed E-state index contributed by atoms with van der Waals surface area (Å²) in [6.07, 6.45) is 0. The van der Waals surface area contributed by atoms with Crippen LogP contribution in [0.1, 0.15) is 22.3 Å². The van der Waals surface area contributed by atoms with E-state index in [9.17, 15) is 0 Å². The van der Waals surface area contributed by atoms with Gasteiger partial charge >= 0.3 is 0 Å². The Kier molecular flexibility index (Phi) is 4.70. The highest BCUT2D eigenvalue weighted by molar-refractivity contribution is 5.83. The Morgan fingerprint density at radius 2 is 0.893 bits per heavy atom. The van der Waals surface area contributed by atoms with Gasteiger partial charge in [-0.05, 0) is 86.3 Å². The zero-order valence-electron chi connectivity index (χ0n) is 16.7. The van der Waals surface area contributed by atoms with E-state index in [0.717, 1.165) is 22.4 Å². The fraction of sp³-hybridized carbons (Fsp3) is 0.167. The monoisotopic (exact) mass is 368 g/mol. The van der Waals surface area contributed by atoms with Crippen LogP contribution in [0, 0.1) is 27.7 Å². The van der Waals surface area contributed by atoms with Crippen molar-refractivity contribution >= 4 is 34.0 Å². The summed E-state index contributed by atoms with van der Waals surface area (Å²) >= 11 is 0. The second kappa shape index (κ2) is 7.31. The van der Waals surface area contributed by atoms with Gasteiger partial charge in [-0.3, -0.25) is 0 Å². The summed E-state index contributed by atoms with van der Waals surface area (Å²) in [7, 11) is 0. The van der Waals surface area contributed by atoms with Crippen LogP contribution in [0.3, 0.4) is 0 Å². The predicted molar refractivity (Wildman–Crippen MR) is 118 cm³/mol. The number of rotatable bonds is 4. The Morgan fingerprint density at radius 1 is 0.536 bits per heavy atom. The molecule has 3 aromatic carbocycles. The number of nitrogens with zero attached hydrogens (tertiary/aromatic N) is 2. The minimum absolute atomic E-state index is 0.711. The summed E-state index contributed by atoms with van der Waals surface area (Å²) < 4.78 is 0. The topological polar surface area (TPSA) is 49.8 Å². The van der Waals surface area contributed by atoms with Crippen LogP contribution in [-0.2, 0) is 0 Å². The first-order chi connectivity index (χ1) is 13.5. The average Bonchev–Trinajstić information content (AvgIpc) is 2.60. The van der Waals surface area contributed by atoms with Crippen molar-refractivity contribution in [2.75, 3.05) is 10.6 Å². The van der Waals surface area contributed by atoms with E-state index in [1.807, 2.05) is 24.3 Å². The third-order valence-electron chi connectivity index (χ3n) is 4.54. The van der Waals surface area contributed by atoms with Crippen LogP contribution < -0.4 is 10.6 Å². The fourth-order valence-corrected chi connectivity index (χ4v) is 3.54. The van der Waals surface area contributed by atoms with Crippen LogP contribution in [0.5, 0.6) is 0 Å². The lowest BCUT2D eigenvalue weighted by atomic mass is 10.1. The van der Waals surface area contributed by atoms with Gasteiger partial charge in [-0.1, -0.05) is 24.3 Å². The van der Waals surface area contributed by atoms with Crippen LogP contribution in [0.2, 0.25) is 0 Å². The van der Waals surface area contributed by atoms with Crippen molar-refractivity contribution in [1.82, 2.24) is 9.97 Å². The van der Waals surface area contributed by atoms with E-state index in [0.29, 0.717) is 11.6 Å². The minimum atomic E-state index is 0.711. The summed E-state index contributed by atoms with van der Waals surface area (Å²) in [4.78, 5) is 9.67. The molecule has 0 saturated carbocycles. The third kappa shape index (κ3) is 3.96. The van der Waals surface area contributed by atoms with Gasteiger partial charge in [0.05, 0.1) is 11.0 Å². The molecule has 4 rings (SSSR count). The Labute approximate surface area is 165 Å². The molecule has 0 fully saturated rings. The lowest BCUT2D eigenvalue weighted by Crippen LogP contribution is -2.04. The summed E-state index contributed by atoms with van der Waals surface area (Å²) in [6, 6.07) is 20.7. The van der Waals surface area contributed by atoms with Gasteiger partial charge in [0.15, 0.2) is 11.6 Å². The highest BCUT2D eigenvalue weighted by atomic mass is 15.1.